The number of nitrogens with zero attached hydrogens (tertiary/aromatic N) is 4. The van der Waals surface area contributed by atoms with Crippen LogP contribution in [0.3, 0.4) is 0 Å². The van der Waals surface area contributed by atoms with Crippen molar-refractivity contribution in [3.63, 3.8) is 0 Å². The molecule has 0 amide bonds. The Bertz CT molecular complexity index is 1070. The largest absolute Gasteiger partial charge is 0.270 e. The fraction of sp³-hybridized carbons (Fsp3) is 0.0952. The number of fused-ring (bicyclic) bond motifs is 1. The number of aryl methyl sites for hydroxylation is 1. The van der Waals surface area contributed by atoms with Crippen LogP contribution in [0.4, 0.5) is 0 Å². The molecule has 0 saturated carbocycles. The minimum Gasteiger partial charge on any atom is -0.270 e. The van der Waals surface area contributed by atoms with E-state index in [1.54, 1.807) is 11.3 Å². The minimum absolute atomic E-state index is 0.441. The quantitative estimate of drug-likeness (QED) is 0.491. The molecule has 4 rings (SSSR count). The molecule has 0 atom stereocenters. The third-order valence-electron chi connectivity index (χ3n) is 4.01. The molecule has 2 aromatic heterocycles. The van der Waals surface area contributed by atoms with E-state index in [0.717, 1.165) is 27.3 Å². The molecule has 26 heavy (non-hydrogen) atoms. The molecule has 4 aromatic rings. The highest BCUT2D eigenvalue weighted by atomic mass is 32.1. The van der Waals surface area contributed by atoms with E-state index in [4.69, 9.17) is 5.26 Å². The lowest BCUT2D eigenvalue weighted by Crippen LogP contribution is -1.97. The monoisotopic (exact) mass is 356 g/mol. The number of rotatable bonds is 5. The first-order valence-electron chi connectivity index (χ1n) is 8.37. The van der Waals surface area contributed by atoms with Gasteiger partial charge in [-0.3, -0.25) is 4.68 Å². The fourth-order valence-corrected chi connectivity index (χ4v) is 3.65. The van der Waals surface area contributed by atoms with Crippen LogP contribution in [0.5, 0.6) is 0 Å². The van der Waals surface area contributed by atoms with E-state index in [0.29, 0.717) is 13.0 Å². The molecule has 0 spiro atoms. The van der Waals surface area contributed by atoms with Crippen molar-refractivity contribution in [1.82, 2.24) is 14.8 Å². The lowest BCUT2D eigenvalue weighted by Gasteiger charge is -1.98. The summed E-state index contributed by atoms with van der Waals surface area (Å²) in [6.07, 6.45) is 6.51. The lowest BCUT2D eigenvalue weighted by atomic mass is 10.1. The number of thiazole rings is 1. The Morgan fingerprint density at radius 3 is 2.65 bits per heavy atom. The first-order chi connectivity index (χ1) is 12.8. The van der Waals surface area contributed by atoms with E-state index in [1.165, 1.54) is 4.70 Å². The maximum Gasteiger partial charge on any atom is 0.117 e. The van der Waals surface area contributed by atoms with Gasteiger partial charge in [-0.2, -0.15) is 10.4 Å². The van der Waals surface area contributed by atoms with Gasteiger partial charge in [-0.25, -0.2) is 4.98 Å². The molecule has 0 N–H and O–H groups in total. The van der Waals surface area contributed by atoms with Crippen molar-refractivity contribution in [3.05, 3.63) is 71.4 Å². The number of hydrogen-bond acceptors (Lipinski definition) is 4. The Labute approximate surface area is 155 Å². The zero-order valence-corrected chi connectivity index (χ0v) is 14.9. The van der Waals surface area contributed by atoms with Crippen molar-refractivity contribution in [2.45, 2.75) is 13.0 Å². The summed E-state index contributed by atoms with van der Waals surface area (Å²) < 4.78 is 3.02. The van der Waals surface area contributed by atoms with Crippen molar-refractivity contribution in [2.75, 3.05) is 0 Å². The highest BCUT2D eigenvalue weighted by Gasteiger charge is 2.09. The number of aromatic nitrogens is 3. The summed E-state index contributed by atoms with van der Waals surface area (Å²) in [4.78, 5) is 4.65. The Morgan fingerprint density at radius 2 is 1.85 bits per heavy atom. The molecule has 4 nitrogen and oxygen atoms in total. The van der Waals surface area contributed by atoms with Crippen molar-refractivity contribution < 1.29 is 0 Å². The Kier molecular flexibility index (Phi) is 4.59. The van der Waals surface area contributed by atoms with Gasteiger partial charge in [0.1, 0.15) is 5.01 Å². The molecule has 0 aliphatic heterocycles. The molecule has 0 bridgehead atoms. The summed E-state index contributed by atoms with van der Waals surface area (Å²) in [5, 5.41) is 14.5. The molecule has 0 radical (unpaired) electrons. The smallest absolute Gasteiger partial charge is 0.117 e. The van der Waals surface area contributed by atoms with Gasteiger partial charge in [-0.1, -0.05) is 42.5 Å². The molecule has 0 aliphatic carbocycles. The Morgan fingerprint density at radius 1 is 1.04 bits per heavy atom. The average Bonchev–Trinajstić information content (AvgIpc) is 3.29. The molecule has 0 saturated heterocycles. The summed E-state index contributed by atoms with van der Waals surface area (Å²) in [5.74, 6) is 0. The molecule has 0 aliphatic rings. The van der Waals surface area contributed by atoms with E-state index in [9.17, 15) is 0 Å². The SMILES string of the molecule is N#CCCn1cc(C=Cc2nc3ccccc3s2)c(-c2ccccc2)n1. The van der Waals surface area contributed by atoms with E-state index in [1.807, 2.05) is 65.5 Å². The van der Waals surface area contributed by atoms with Crippen molar-refractivity contribution in [1.29, 1.82) is 5.26 Å². The van der Waals surface area contributed by atoms with Crippen molar-refractivity contribution in [2.24, 2.45) is 0 Å². The topological polar surface area (TPSA) is 54.5 Å². The zero-order chi connectivity index (χ0) is 17.8. The summed E-state index contributed by atoms with van der Waals surface area (Å²) >= 11 is 1.67. The summed E-state index contributed by atoms with van der Waals surface area (Å²) in [7, 11) is 0. The zero-order valence-electron chi connectivity index (χ0n) is 14.0. The second-order valence-electron chi connectivity index (χ2n) is 5.82. The first kappa shape index (κ1) is 16.2. The van der Waals surface area contributed by atoms with Gasteiger partial charge in [0, 0.05) is 17.3 Å². The molecule has 0 fully saturated rings. The normalized spacial score (nSPS) is 11.2. The molecular formula is C21H16N4S. The van der Waals surface area contributed by atoms with Crippen LogP contribution in [0.15, 0.2) is 60.8 Å². The molecule has 126 valence electrons. The molecule has 0 unspecified atom stereocenters. The van der Waals surface area contributed by atoms with Crippen LogP contribution < -0.4 is 0 Å². The third-order valence-corrected chi connectivity index (χ3v) is 5.01. The van der Waals surface area contributed by atoms with Gasteiger partial charge < -0.3 is 0 Å². The van der Waals surface area contributed by atoms with Gasteiger partial charge in [0.15, 0.2) is 0 Å². The lowest BCUT2D eigenvalue weighted by molar-refractivity contribution is 0.629. The van der Waals surface area contributed by atoms with E-state index in [-0.39, 0.29) is 0 Å². The standard InChI is InChI=1S/C21H16N4S/c22-13-6-14-25-15-17(21(24-25)16-7-2-1-3-8-16)11-12-20-23-18-9-4-5-10-19(18)26-20/h1-5,7-12,15H,6,14H2. The molecule has 2 aromatic carbocycles. The molecule has 5 heteroatoms. The van der Waals surface area contributed by atoms with Gasteiger partial charge in [-0.05, 0) is 24.3 Å². The van der Waals surface area contributed by atoms with Crippen molar-refractivity contribution in [3.8, 4) is 17.3 Å². The van der Waals surface area contributed by atoms with Crippen molar-refractivity contribution >= 4 is 33.7 Å². The third kappa shape index (κ3) is 3.41. The van der Waals surface area contributed by atoms with E-state index < -0.39 is 0 Å². The first-order valence-corrected chi connectivity index (χ1v) is 9.18. The van der Waals surface area contributed by atoms with Crippen LogP contribution in [-0.2, 0) is 6.54 Å². The van der Waals surface area contributed by atoms with Crippen LogP contribution in [0.25, 0.3) is 33.6 Å². The predicted octanol–water partition coefficient (Wildman–Crippen LogP) is 5.24. The number of nitriles is 1. The van der Waals surface area contributed by atoms with Crippen LogP contribution in [0.1, 0.15) is 17.0 Å². The average molecular weight is 356 g/mol. The van der Waals surface area contributed by atoms with Gasteiger partial charge in [-0.15, -0.1) is 11.3 Å². The summed E-state index contributed by atoms with van der Waals surface area (Å²) in [6.45, 7) is 0.589. The van der Waals surface area contributed by atoms with Gasteiger partial charge in [0.05, 0.1) is 34.9 Å². The van der Waals surface area contributed by atoms with Gasteiger partial charge in [0.25, 0.3) is 0 Å². The molecule has 2 heterocycles. The highest BCUT2D eigenvalue weighted by molar-refractivity contribution is 7.19. The van der Waals surface area contributed by atoms with Gasteiger partial charge >= 0.3 is 0 Å². The Balaban J connectivity index is 1.70. The maximum atomic E-state index is 8.83. The van der Waals surface area contributed by atoms with Crippen LogP contribution >= 0.6 is 11.3 Å². The van der Waals surface area contributed by atoms with Gasteiger partial charge in [0.2, 0.25) is 0 Å². The number of hydrogen-bond donors (Lipinski definition) is 0. The number of benzene rings is 2. The molecular weight excluding hydrogens is 340 g/mol. The maximum absolute atomic E-state index is 8.83. The Hall–Kier alpha value is -3.23. The fourth-order valence-electron chi connectivity index (χ4n) is 2.78. The second-order valence-corrected chi connectivity index (χ2v) is 6.89. The van der Waals surface area contributed by atoms with Crippen LogP contribution in [0, 0.1) is 11.3 Å². The predicted molar refractivity (Wildman–Crippen MR) is 106 cm³/mol. The number of para-hydroxylation sites is 1. The summed E-state index contributed by atoms with van der Waals surface area (Å²) in [5.41, 5.74) is 4.02. The van der Waals surface area contributed by atoms with Crippen LogP contribution in [-0.4, -0.2) is 14.8 Å². The van der Waals surface area contributed by atoms with E-state index >= 15 is 0 Å². The van der Waals surface area contributed by atoms with Crippen LogP contribution in [0.2, 0.25) is 0 Å². The minimum atomic E-state index is 0.441. The highest BCUT2D eigenvalue weighted by Crippen LogP contribution is 2.26. The van der Waals surface area contributed by atoms with E-state index in [2.05, 4.69) is 28.3 Å². The summed E-state index contributed by atoms with van der Waals surface area (Å²) in [6, 6.07) is 20.4. The second kappa shape index (κ2) is 7.34.